The summed E-state index contributed by atoms with van der Waals surface area (Å²) in [5.41, 5.74) is 1.09. The highest BCUT2D eigenvalue weighted by molar-refractivity contribution is 5.75. The second-order valence-corrected chi connectivity index (χ2v) is 3.38. The predicted molar refractivity (Wildman–Crippen MR) is 64.7 cm³/mol. The summed E-state index contributed by atoms with van der Waals surface area (Å²) >= 11 is 0. The third kappa shape index (κ3) is 4.17. The molecule has 16 heavy (non-hydrogen) atoms. The number of nitrogens with one attached hydrogen (secondary N) is 1. The lowest BCUT2D eigenvalue weighted by molar-refractivity contribution is -0.144. The van der Waals surface area contributed by atoms with E-state index in [1.54, 1.807) is 20.0 Å². The lowest BCUT2D eigenvalue weighted by atomic mass is 10.2. The van der Waals surface area contributed by atoms with Crippen LogP contribution in [-0.2, 0) is 9.53 Å². The Balaban J connectivity index is 2.40. The fraction of sp³-hybridized carbons (Fsp3) is 0.308. The van der Waals surface area contributed by atoms with Crippen molar-refractivity contribution in [3.05, 3.63) is 42.1 Å². The Hall–Kier alpha value is -1.77. The molecule has 0 aliphatic heterocycles. The van der Waals surface area contributed by atoms with Gasteiger partial charge in [0.1, 0.15) is 6.04 Å². The molecule has 0 saturated carbocycles. The fourth-order valence-electron chi connectivity index (χ4n) is 1.19. The number of rotatable bonds is 5. The van der Waals surface area contributed by atoms with E-state index >= 15 is 0 Å². The average molecular weight is 219 g/mol. The van der Waals surface area contributed by atoms with Crippen LogP contribution >= 0.6 is 0 Å². The maximum absolute atomic E-state index is 11.3. The van der Waals surface area contributed by atoms with E-state index in [4.69, 9.17) is 4.74 Å². The first-order valence-electron chi connectivity index (χ1n) is 5.38. The smallest absolute Gasteiger partial charge is 0.328 e. The second-order valence-electron chi connectivity index (χ2n) is 3.38. The van der Waals surface area contributed by atoms with Crippen LogP contribution in [0, 0.1) is 0 Å². The summed E-state index contributed by atoms with van der Waals surface area (Å²) in [5.74, 6) is -0.236. The van der Waals surface area contributed by atoms with Crippen molar-refractivity contribution in [2.75, 3.05) is 6.61 Å². The zero-order valence-corrected chi connectivity index (χ0v) is 9.64. The summed E-state index contributed by atoms with van der Waals surface area (Å²) in [6.45, 7) is 3.98. The van der Waals surface area contributed by atoms with Gasteiger partial charge in [-0.05, 0) is 31.7 Å². The number of hydrogen-bond acceptors (Lipinski definition) is 3. The van der Waals surface area contributed by atoms with Gasteiger partial charge in [0.15, 0.2) is 0 Å². The molecule has 1 aromatic rings. The number of carbonyl (C=O) groups excluding carboxylic acids is 1. The van der Waals surface area contributed by atoms with Gasteiger partial charge in [-0.2, -0.15) is 0 Å². The molecule has 0 fully saturated rings. The molecule has 0 aliphatic rings. The summed E-state index contributed by atoms with van der Waals surface area (Å²) in [5, 5.41) is 2.96. The average Bonchev–Trinajstić information content (AvgIpc) is 2.30. The van der Waals surface area contributed by atoms with Crippen LogP contribution < -0.4 is 5.32 Å². The molecule has 0 heterocycles. The van der Waals surface area contributed by atoms with E-state index in [-0.39, 0.29) is 12.0 Å². The molecule has 1 aromatic carbocycles. The van der Waals surface area contributed by atoms with Gasteiger partial charge in [0.05, 0.1) is 6.61 Å². The Bertz CT molecular complexity index is 346. The largest absolute Gasteiger partial charge is 0.464 e. The first-order valence-corrected chi connectivity index (χ1v) is 5.38. The van der Waals surface area contributed by atoms with Gasteiger partial charge in [-0.3, -0.25) is 0 Å². The SMILES string of the molecule is CCOC(=O)[C@H](C)NC=Cc1ccccc1. The lowest BCUT2D eigenvalue weighted by Gasteiger charge is -2.09. The van der Waals surface area contributed by atoms with Gasteiger partial charge in [-0.25, -0.2) is 4.79 Å². The molecule has 3 nitrogen and oxygen atoms in total. The monoisotopic (exact) mass is 219 g/mol. The summed E-state index contributed by atoms with van der Waals surface area (Å²) in [4.78, 5) is 11.3. The van der Waals surface area contributed by atoms with Crippen molar-refractivity contribution in [1.82, 2.24) is 5.32 Å². The number of esters is 1. The van der Waals surface area contributed by atoms with E-state index in [0.29, 0.717) is 6.61 Å². The molecular weight excluding hydrogens is 202 g/mol. The second kappa shape index (κ2) is 6.67. The summed E-state index contributed by atoms with van der Waals surface area (Å²) in [7, 11) is 0. The molecule has 0 aliphatic carbocycles. The summed E-state index contributed by atoms with van der Waals surface area (Å²) in [6.07, 6.45) is 3.67. The molecule has 0 spiro atoms. The van der Waals surface area contributed by atoms with Crippen LogP contribution in [0.15, 0.2) is 36.5 Å². The fourth-order valence-corrected chi connectivity index (χ4v) is 1.19. The molecule has 86 valence electrons. The molecule has 0 unspecified atom stereocenters. The minimum atomic E-state index is -0.320. The Kier molecular flexibility index (Phi) is 5.12. The summed E-state index contributed by atoms with van der Waals surface area (Å²) < 4.78 is 4.87. The van der Waals surface area contributed by atoms with E-state index < -0.39 is 0 Å². The maximum atomic E-state index is 11.3. The quantitative estimate of drug-likeness (QED) is 0.771. The Morgan fingerprint density at radius 3 is 2.75 bits per heavy atom. The van der Waals surface area contributed by atoms with Crippen LogP contribution in [0.25, 0.3) is 6.08 Å². The molecule has 0 radical (unpaired) electrons. The van der Waals surface area contributed by atoms with Crippen LogP contribution in [0.4, 0.5) is 0 Å². The molecule has 1 atom stereocenters. The predicted octanol–water partition coefficient (Wildman–Crippen LogP) is 2.20. The first-order chi connectivity index (χ1) is 7.74. The van der Waals surface area contributed by atoms with Crippen molar-refractivity contribution < 1.29 is 9.53 Å². The highest BCUT2D eigenvalue weighted by Crippen LogP contribution is 2.00. The summed E-state index contributed by atoms with van der Waals surface area (Å²) in [6, 6.07) is 9.56. The Morgan fingerprint density at radius 1 is 1.44 bits per heavy atom. The molecule has 0 aromatic heterocycles. The zero-order chi connectivity index (χ0) is 11.8. The lowest BCUT2D eigenvalue weighted by Crippen LogP contribution is -2.31. The normalized spacial score (nSPS) is 12.4. The van der Waals surface area contributed by atoms with Gasteiger partial charge in [0.25, 0.3) is 0 Å². The van der Waals surface area contributed by atoms with Crippen LogP contribution in [0.1, 0.15) is 19.4 Å². The van der Waals surface area contributed by atoms with Gasteiger partial charge in [0, 0.05) is 0 Å². The molecule has 0 bridgehead atoms. The van der Waals surface area contributed by atoms with Crippen molar-refractivity contribution in [2.24, 2.45) is 0 Å². The minimum absolute atomic E-state index is 0.236. The van der Waals surface area contributed by atoms with E-state index in [2.05, 4.69) is 5.32 Å². The molecule has 3 heteroatoms. The van der Waals surface area contributed by atoms with E-state index in [0.717, 1.165) is 5.56 Å². The van der Waals surface area contributed by atoms with Crippen LogP contribution in [0.5, 0.6) is 0 Å². The van der Waals surface area contributed by atoms with Gasteiger partial charge < -0.3 is 10.1 Å². The van der Waals surface area contributed by atoms with Crippen LogP contribution in [0.2, 0.25) is 0 Å². The van der Waals surface area contributed by atoms with Crippen molar-refractivity contribution in [2.45, 2.75) is 19.9 Å². The number of hydrogen-bond donors (Lipinski definition) is 1. The topological polar surface area (TPSA) is 38.3 Å². The Morgan fingerprint density at radius 2 is 2.12 bits per heavy atom. The van der Waals surface area contributed by atoms with E-state index in [1.165, 1.54) is 0 Å². The minimum Gasteiger partial charge on any atom is -0.464 e. The van der Waals surface area contributed by atoms with Crippen molar-refractivity contribution in [3.63, 3.8) is 0 Å². The van der Waals surface area contributed by atoms with Gasteiger partial charge >= 0.3 is 5.97 Å². The van der Waals surface area contributed by atoms with E-state index in [1.807, 2.05) is 36.4 Å². The Labute approximate surface area is 96.1 Å². The molecule has 0 saturated heterocycles. The van der Waals surface area contributed by atoms with Gasteiger partial charge in [0.2, 0.25) is 0 Å². The first kappa shape index (κ1) is 12.3. The number of benzene rings is 1. The van der Waals surface area contributed by atoms with E-state index in [9.17, 15) is 4.79 Å². The molecule has 1 rings (SSSR count). The van der Waals surface area contributed by atoms with Crippen molar-refractivity contribution >= 4 is 12.0 Å². The van der Waals surface area contributed by atoms with Gasteiger partial charge in [-0.15, -0.1) is 0 Å². The standard InChI is InChI=1S/C13H17NO2/c1-3-16-13(15)11(2)14-10-9-12-7-5-4-6-8-12/h4-11,14H,3H2,1-2H3/t11-/m0/s1. The highest BCUT2D eigenvalue weighted by Gasteiger charge is 2.10. The third-order valence-corrected chi connectivity index (χ3v) is 2.06. The zero-order valence-electron chi connectivity index (χ0n) is 9.64. The van der Waals surface area contributed by atoms with Crippen molar-refractivity contribution in [3.8, 4) is 0 Å². The highest BCUT2D eigenvalue weighted by atomic mass is 16.5. The van der Waals surface area contributed by atoms with Crippen LogP contribution in [0.3, 0.4) is 0 Å². The molecular formula is C13H17NO2. The number of ether oxygens (including phenoxy) is 1. The maximum Gasteiger partial charge on any atom is 0.328 e. The van der Waals surface area contributed by atoms with Crippen LogP contribution in [-0.4, -0.2) is 18.6 Å². The number of carbonyl (C=O) groups is 1. The molecule has 0 amide bonds. The van der Waals surface area contributed by atoms with Crippen molar-refractivity contribution in [1.29, 1.82) is 0 Å². The van der Waals surface area contributed by atoms with Gasteiger partial charge in [-0.1, -0.05) is 30.3 Å². The third-order valence-electron chi connectivity index (χ3n) is 2.06. The molecule has 1 N–H and O–H groups in total.